The highest BCUT2D eigenvalue weighted by Gasteiger charge is 2.16. The van der Waals surface area contributed by atoms with E-state index in [4.69, 9.17) is 11.6 Å². The molecular formula is C23H15ClF2N2OS. The third-order valence-corrected chi connectivity index (χ3v) is 5.71. The van der Waals surface area contributed by atoms with Gasteiger partial charge >= 0.3 is 0 Å². The molecule has 0 saturated carbocycles. The van der Waals surface area contributed by atoms with Gasteiger partial charge in [0.2, 0.25) is 5.91 Å². The summed E-state index contributed by atoms with van der Waals surface area (Å²) in [6.45, 7) is 0. The van der Waals surface area contributed by atoms with Crippen LogP contribution in [0.25, 0.3) is 21.8 Å². The average molecular weight is 441 g/mol. The lowest BCUT2D eigenvalue weighted by Crippen LogP contribution is -2.16. The van der Waals surface area contributed by atoms with Crippen LogP contribution in [0, 0.1) is 11.6 Å². The van der Waals surface area contributed by atoms with Crippen LogP contribution in [0.15, 0.2) is 72.1 Å². The normalized spacial score (nSPS) is 10.8. The van der Waals surface area contributed by atoms with Crippen molar-refractivity contribution < 1.29 is 13.6 Å². The highest BCUT2D eigenvalue weighted by molar-refractivity contribution is 7.13. The van der Waals surface area contributed by atoms with Crippen molar-refractivity contribution in [2.24, 2.45) is 0 Å². The molecule has 1 heterocycles. The van der Waals surface area contributed by atoms with Crippen molar-refractivity contribution in [3.8, 4) is 21.8 Å². The number of hydrogen-bond acceptors (Lipinski definition) is 3. The van der Waals surface area contributed by atoms with Crippen molar-refractivity contribution in [2.45, 2.75) is 6.42 Å². The van der Waals surface area contributed by atoms with Gasteiger partial charge in [0, 0.05) is 27.1 Å². The summed E-state index contributed by atoms with van der Waals surface area (Å²) < 4.78 is 28.1. The molecule has 4 rings (SSSR count). The number of halogens is 3. The number of carbonyl (C=O) groups excluding carboxylic acids is 1. The number of amides is 1. The monoisotopic (exact) mass is 440 g/mol. The molecular weight excluding hydrogens is 426 g/mol. The Bertz CT molecular complexity index is 1210. The number of carbonyl (C=O) groups is 1. The van der Waals surface area contributed by atoms with E-state index >= 15 is 0 Å². The molecule has 1 aromatic heterocycles. The first-order chi connectivity index (χ1) is 14.5. The molecule has 0 bridgehead atoms. The van der Waals surface area contributed by atoms with Crippen LogP contribution in [0.2, 0.25) is 5.02 Å². The molecule has 0 spiro atoms. The molecule has 0 aliphatic rings. The lowest BCUT2D eigenvalue weighted by molar-refractivity contribution is -0.115. The zero-order valence-corrected chi connectivity index (χ0v) is 17.1. The van der Waals surface area contributed by atoms with Crippen LogP contribution < -0.4 is 5.32 Å². The molecule has 7 heteroatoms. The van der Waals surface area contributed by atoms with Crippen LogP contribution >= 0.6 is 22.9 Å². The van der Waals surface area contributed by atoms with E-state index in [1.807, 2.05) is 12.1 Å². The zero-order chi connectivity index (χ0) is 21.1. The molecule has 3 nitrogen and oxygen atoms in total. The summed E-state index contributed by atoms with van der Waals surface area (Å²) in [6, 6.07) is 17.9. The van der Waals surface area contributed by atoms with Crippen LogP contribution in [-0.2, 0) is 11.2 Å². The van der Waals surface area contributed by atoms with Gasteiger partial charge in [-0.25, -0.2) is 13.8 Å². The van der Waals surface area contributed by atoms with E-state index < -0.39 is 11.7 Å². The van der Waals surface area contributed by atoms with Crippen molar-refractivity contribution in [3.05, 3.63) is 94.3 Å². The Morgan fingerprint density at radius 1 is 0.933 bits per heavy atom. The molecule has 1 amide bonds. The Morgan fingerprint density at radius 3 is 2.40 bits per heavy atom. The smallest absolute Gasteiger partial charge is 0.228 e. The third kappa shape index (κ3) is 4.25. The first kappa shape index (κ1) is 20.2. The fourth-order valence-corrected chi connectivity index (χ4v) is 4.10. The number of para-hydroxylation sites is 1. The van der Waals surface area contributed by atoms with Crippen LogP contribution in [0.1, 0.15) is 5.56 Å². The lowest BCUT2D eigenvalue weighted by Gasteiger charge is -2.11. The minimum Gasteiger partial charge on any atom is -0.325 e. The molecule has 0 aliphatic carbocycles. The minimum atomic E-state index is -0.528. The van der Waals surface area contributed by atoms with Gasteiger partial charge in [-0.3, -0.25) is 4.79 Å². The highest BCUT2D eigenvalue weighted by atomic mass is 35.5. The van der Waals surface area contributed by atoms with Crippen molar-refractivity contribution in [3.63, 3.8) is 0 Å². The molecule has 30 heavy (non-hydrogen) atoms. The summed E-state index contributed by atoms with van der Waals surface area (Å²) in [4.78, 5) is 17.1. The first-order valence-corrected chi connectivity index (χ1v) is 10.3. The number of nitrogens with zero attached hydrogens (tertiary/aromatic N) is 1. The van der Waals surface area contributed by atoms with Gasteiger partial charge in [-0.2, -0.15) is 0 Å². The Labute approximate surface area is 181 Å². The molecule has 0 aliphatic heterocycles. The van der Waals surface area contributed by atoms with E-state index in [2.05, 4.69) is 10.3 Å². The maximum Gasteiger partial charge on any atom is 0.228 e. The molecule has 3 aromatic carbocycles. The fourth-order valence-electron chi connectivity index (χ4n) is 3.03. The molecule has 0 atom stereocenters. The molecule has 0 fully saturated rings. The number of nitrogens with one attached hydrogen (secondary N) is 1. The molecule has 0 radical (unpaired) electrons. The molecule has 150 valence electrons. The predicted molar refractivity (Wildman–Crippen MR) is 117 cm³/mol. The SMILES string of the molecule is O=C(Cc1c(F)cccc1Cl)Nc1ccccc1-c1csc(-c2ccccc2F)n1. The van der Waals surface area contributed by atoms with Crippen LogP contribution in [0.4, 0.5) is 14.5 Å². The number of anilines is 1. The van der Waals surface area contributed by atoms with E-state index in [9.17, 15) is 13.6 Å². The predicted octanol–water partition coefficient (Wildman–Crippen LogP) is 6.59. The molecule has 0 saturated heterocycles. The van der Waals surface area contributed by atoms with E-state index in [1.165, 1.54) is 29.5 Å². The lowest BCUT2D eigenvalue weighted by atomic mass is 10.1. The number of benzene rings is 3. The fraction of sp³-hybridized carbons (Fsp3) is 0.0435. The Balaban J connectivity index is 1.59. The second kappa shape index (κ2) is 8.73. The van der Waals surface area contributed by atoms with Crippen LogP contribution in [0.5, 0.6) is 0 Å². The van der Waals surface area contributed by atoms with Crippen molar-refractivity contribution in [1.82, 2.24) is 4.98 Å². The van der Waals surface area contributed by atoms with Gasteiger partial charge in [0.25, 0.3) is 0 Å². The standard InChI is InChI=1S/C23H15ClF2N2OS/c24-17-8-5-10-19(26)16(17)12-22(29)27-20-11-4-2-7-15(20)21-13-30-23(28-21)14-6-1-3-9-18(14)25/h1-11,13H,12H2,(H,27,29). The van der Waals surface area contributed by atoms with Gasteiger partial charge in [0.1, 0.15) is 16.6 Å². The van der Waals surface area contributed by atoms with Gasteiger partial charge in [0.15, 0.2) is 0 Å². The number of aromatic nitrogens is 1. The van der Waals surface area contributed by atoms with E-state index in [0.29, 0.717) is 27.5 Å². The molecule has 0 unspecified atom stereocenters. The van der Waals surface area contributed by atoms with Crippen LogP contribution in [0.3, 0.4) is 0 Å². The van der Waals surface area contributed by atoms with E-state index in [1.54, 1.807) is 41.8 Å². The van der Waals surface area contributed by atoms with E-state index in [-0.39, 0.29) is 22.8 Å². The summed E-state index contributed by atoms with van der Waals surface area (Å²) in [7, 11) is 0. The quantitative estimate of drug-likeness (QED) is 0.380. The summed E-state index contributed by atoms with van der Waals surface area (Å²) in [6.07, 6.45) is -0.197. The molecule has 4 aromatic rings. The van der Waals surface area contributed by atoms with Gasteiger partial charge in [-0.05, 0) is 30.3 Å². The second-order valence-electron chi connectivity index (χ2n) is 6.49. The largest absolute Gasteiger partial charge is 0.325 e. The van der Waals surface area contributed by atoms with Crippen LogP contribution in [-0.4, -0.2) is 10.9 Å². The summed E-state index contributed by atoms with van der Waals surface area (Å²) in [5.74, 6) is -1.28. The van der Waals surface area contributed by atoms with Crippen molar-refractivity contribution in [2.75, 3.05) is 5.32 Å². The Kier molecular flexibility index (Phi) is 5.88. The molecule has 1 N–H and O–H groups in total. The third-order valence-electron chi connectivity index (χ3n) is 4.48. The van der Waals surface area contributed by atoms with Gasteiger partial charge in [0.05, 0.1) is 17.8 Å². The topological polar surface area (TPSA) is 42.0 Å². The van der Waals surface area contributed by atoms with Gasteiger partial charge < -0.3 is 5.32 Å². The van der Waals surface area contributed by atoms with E-state index in [0.717, 1.165) is 0 Å². The first-order valence-electron chi connectivity index (χ1n) is 9.05. The minimum absolute atomic E-state index is 0.143. The average Bonchev–Trinajstić information content (AvgIpc) is 3.21. The summed E-state index contributed by atoms with van der Waals surface area (Å²) >= 11 is 7.33. The maximum absolute atomic E-state index is 14.1. The Hall–Kier alpha value is -3.09. The number of hydrogen-bond donors (Lipinski definition) is 1. The van der Waals surface area contributed by atoms with Crippen molar-refractivity contribution >= 4 is 34.5 Å². The number of rotatable bonds is 5. The highest BCUT2D eigenvalue weighted by Crippen LogP contribution is 2.33. The number of thiazole rings is 1. The van der Waals surface area contributed by atoms with Gasteiger partial charge in [-0.1, -0.05) is 48.0 Å². The summed E-state index contributed by atoms with van der Waals surface area (Å²) in [5, 5.41) is 5.35. The van der Waals surface area contributed by atoms with Gasteiger partial charge in [-0.15, -0.1) is 11.3 Å². The van der Waals surface area contributed by atoms with Crippen molar-refractivity contribution in [1.29, 1.82) is 0 Å². The Morgan fingerprint density at radius 2 is 1.63 bits per heavy atom. The maximum atomic E-state index is 14.1. The second-order valence-corrected chi connectivity index (χ2v) is 7.75. The summed E-state index contributed by atoms with van der Waals surface area (Å²) in [5.41, 5.74) is 2.39. The zero-order valence-electron chi connectivity index (χ0n) is 15.5.